The van der Waals surface area contributed by atoms with Gasteiger partial charge in [0, 0.05) is 32.7 Å². The van der Waals surface area contributed by atoms with Crippen molar-refractivity contribution in [1.82, 2.24) is 15.1 Å². The number of rotatable bonds is 6. The summed E-state index contributed by atoms with van der Waals surface area (Å²) in [6.07, 6.45) is 1.67. The third-order valence-corrected chi connectivity index (χ3v) is 3.27. The number of carbonyl (C=O) groups is 2. The zero-order valence-corrected chi connectivity index (χ0v) is 12.7. The van der Waals surface area contributed by atoms with Gasteiger partial charge in [-0.05, 0) is 20.3 Å². The minimum absolute atomic E-state index is 0.194. The molecule has 7 heteroatoms. The Kier molecular flexibility index (Phi) is 6.17. The third kappa shape index (κ3) is 6.14. The van der Waals surface area contributed by atoms with Crippen molar-refractivity contribution in [1.29, 1.82) is 0 Å². The molecule has 0 radical (unpaired) electrons. The molecule has 1 unspecified atom stereocenters. The predicted octanol–water partition coefficient (Wildman–Crippen LogP) is 0.114. The summed E-state index contributed by atoms with van der Waals surface area (Å²) in [5, 5.41) is 21.3. The third-order valence-electron chi connectivity index (χ3n) is 3.27. The molecule has 1 atom stereocenters. The molecule has 0 aliphatic carbocycles. The van der Waals surface area contributed by atoms with Crippen molar-refractivity contribution in [2.75, 3.05) is 32.7 Å². The summed E-state index contributed by atoms with van der Waals surface area (Å²) in [5.41, 5.74) is -0.761. The van der Waals surface area contributed by atoms with E-state index < -0.39 is 17.6 Å². The second kappa shape index (κ2) is 7.42. The Bertz CT molecular complexity index is 384. The molecule has 120 valence electrons. The molecule has 21 heavy (non-hydrogen) atoms. The fourth-order valence-electron chi connectivity index (χ4n) is 2.28. The van der Waals surface area contributed by atoms with Gasteiger partial charge in [0.1, 0.15) is 6.04 Å². The molecule has 2 amide bonds. The molecule has 1 rings (SSSR count). The molecule has 0 bridgehead atoms. The van der Waals surface area contributed by atoms with Crippen molar-refractivity contribution in [2.45, 2.75) is 31.9 Å². The average molecular weight is 299 g/mol. The van der Waals surface area contributed by atoms with Crippen LogP contribution < -0.4 is 5.32 Å². The Morgan fingerprint density at radius 1 is 1.33 bits per heavy atom. The molecule has 0 aromatic rings. The van der Waals surface area contributed by atoms with Crippen molar-refractivity contribution in [3.8, 4) is 0 Å². The molecule has 1 saturated heterocycles. The number of β-amino-alcohol motifs (C(OH)–C–C–N with tert-alkyl or cyclic N) is 1. The number of aliphatic carboxylic acids is 1. The van der Waals surface area contributed by atoms with Crippen LogP contribution in [0, 0.1) is 0 Å². The number of nitrogens with zero attached hydrogens (tertiary/aromatic N) is 2. The first kappa shape index (κ1) is 17.5. The standard InChI is InChI=1S/C14H25N3O4/c1-4-5-11(12(18)19)15-13(20)17-8-6-16(7-9-17)10-14(2,3)21/h4,11,21H,1,5-10H2,2-3H3,(H,15,20)(H,18,19). The maximum absolute atomic E-state index is 12.0. The molecule has 0 spiro atoms. The van der Waals surface area contributed by atoms with E-state index in [2.05, 4.69) is 16.8 Å². The van der Waals surface area contributed by atoms with E-state index in [-0.39, 0.29) is 12.5 Å². The predicted molar refractivity (Wildman–Crippen MR) is 79.1 cm³/mol. The van der Waals surface area contributed by atoms with Gasteiger partial charge in [0.05, 0.1) is 5.60 Å². The van der Waals surface area contributed by atoms with Gasteiger partial charge in [-0.2, -0.15) is 0 Å². The zero-order valence-electron chi connectivity index (χ0n) is 12.7. The smallest absolute Gasteiger partial charge is 0.326 e. The molecule has 0 saturated carbocycles. The lowest BCUT2D eigenvalue weighted by Crippen LogP contribution is -2.56. The van der Waals surface area contributed by atoms with Crippen LogP contribution in [0.15, 0.2) is 12.7 Å². The SMILES string of the molecule is C=CCC(NC(=O)N1CCN(CC(C)(C)O)CC1)C(=O)O. The second-order valence-corrected chi connectivity index (χ2v) is 5.94. The van der Waals surface area contributed by atoms with Crippen LogP contribution in [0.2, 0.25) is 0 Å². The summed E-state index contributed by atoms with van der Waals surface area (Å²) in [7, 11) is 0. The van der Waals surface area contributed by atoms with Crippen molar-refractivity contribution in [3.05, 3.63) is 12.7 Å². The van der Waals surface area contributed by atoms with Crippen LogP contribution in [-0.4, -0.2) is 76.4 Å². The summed E-state index contributed by atoms with van der Waals surface area (Å²) < 4.78 is 0. The molecule has 7 nitrogen and oxygen atoms in total. The molecule has 0 aromatic carbocycles. The van der Waals surface area contributed by atoms with Crippen LogP contribution in [0.25, 0.3) is 0 Å². The molecular formula is C14H25N3O4. The van der Waals surface area contributed by atoms with Gasteiger partial charge in [-0.15, -0.1) is 6.58 Å². The Balaban J connectivity index is 2.44. The maximum atomic E-state index is 12.0. The number of hydrogen-bond acceptors (Lipinski definition) is 4. The second-order valence-electron chi connectivity index (χ2n) is 5.94. The lowest BCUT2D eigenvalue weighted by atomic mass is 10.1. The maximum Gasteiger partial charge on any atom is 0.326 e. The Morgan fingerprint density at radius 3 is 2.33 bits per heavy atom. The molecule has 1 aliphatic heterocycles. The highest BCUT2D eigenvalue weighted by Gasteiger charge is 2.27. The fourth-order valence-corrected chi connectivity index (χ4v) is 2.28. The number of carboxylic acid groups (broad SMARTS) is 1. The van der Waals surface area contributed by atoms with E-state index in [1.54, 1.807) is 18.7 Å². The first-order valence-electron chi connectivity index (χ1n) is 7.07. The summed E-state index contributed by atoms with van der Waals surface area (Å²) in [6.45, 7) is 9.90. The van der Waals surface area contributed by atoms with E-state index in [0.29, 0.717) is 32.7 Å². The summed E-state index contributed by atoms with van der Waals surface area (Å²) in [5.74, 6) is -1.07. The van der Waals surface area contributed by atoms with Crippen LogP contribution in [0.5, 0.6) is 0 Å². The van der Waals surface area contributed by atoms with E-state index in [1.807, 2.05) is 0 Å². The van der Waals surface area contributed by atoms with Crippen molar-refractivity contribution < 1.29 is 19.8 Å². The average Bonchev–Trinajstić information content (AvgIpc) is 2.36. The minimum Gasteiger partial charge on any atom is -0.480 e. The molecular weight excluding hydrogens is 274 g/mol. The van der Waals surface area contributed by atoms with Crippen LogP contribution in [-0.2, 0) is 4.79 Å². The van der Waals surface area contributed by atoms with Gasteiger partial charge in [0.15, 0.2) is 0 Å². The van der Waals surface area contributed by atoms with E-state index in [0.717, 1.165) is 0 Å². The van der Waals surface area contributed by atoms with Crippen molar-refractivity contribution >= 4 is 12.0 Å². The minimum atomic E-state index is -1.07. The normalized spacial score (nSPS) is 18.1. The summed E-state index contributed by atoms with van der Waals surface area (Å²) in [6, 6.07) is -1.31. The summed E-state index contributed by atoms with van der Waals surface area (Å²) in [4.78, 5) is 26.7. The molecule has 1 heterocycles. The molecule has 1 aliphatic rings. The number of piperazine rings is 1. The van der Waals surface area contributed by atoms with Crippen LogP contribution in [0.4, 0.5) is 4.79 Å². The number of urea groups is 1. The zero-order chi connectivity index (χ0) is 16.0. The quantitative estimate of drug-likeness (QED) is 0.606. The highest BCUT2D eigenvalue weighted by Crippen LogP contribution is 2.09. The molecule has 1 fully saturated rings. The van der Waals surface area contributed by atoms with Crippen LogP contribution in [0.1, 0.15) is 20.3 Å². The van der Waals surface area contributed by atoms with Crippen molar-refractivity contribution in [2.24, 2.45) is 0 Å². The van der Waals surface area contributed by atoms with Crippen LogP contribution in [0.3, 0.4) is 0 Å². The number of aliphatic hydroxyl groups is 1. The Morgan fingerprint density at radius 2 is 1.90 bits per heavy atom. The van der Waals surface area contributed by atoms with Gasteiger partial charge in [0.25, 0.3) is 0 Å². The van der Waals surface area contributed by atoms with Crippen molar-refractivity contribution in [3.63, 3.8) is 0 Å². The number of hydrogen-bond donors (Lipinski definition) is 3. The van der Waals surface area contributed by atoms with Gasteiger partial charge in [0.2, 0.25) is 0 Å². The van der Waals surface area contributed by atoms with Gasteiger partial charge in [-0.1, -0.05) is 6.08 Å². The first-order chi connectivity index (χ1) is 9.73. The monoisotopic (exact) mass is 299 g/mol. The highest BCUT2D eigenvalue weighted by atomic mass is 16.4. The Hall–Kier alpha value is -1.60. The lowest BCUT2D eigenvalue weighted by Gasteiger charge is -2.37. The number of carbonyl (C=O) groups excluding carboxylic acids is 1. The number of nitrogens with one attached hydrogen (secondary N) is 1. The van der Waals surface area contributed by atoms with E-state index in [9.17, 15) is 14.7 Å². The van der Waals surface area contributed by atoms with Gasteiger partial charge in [-0.3, -0.25) is 4.90 Å². The molecule has 0 aromatic heterocycles. The van der Waals surface area contributed by atoms with E-state index in [4.69, 9.17) is 5.11 Å². The number of amides is 2. The first-order valence-corrected chi connectivity index (χ1v) is 7.07. The lowest BCUT2D eigenvalue weighted by molar-refractivity contribution is -0.139. The van der Waals surface area contributed by atoms with Gasteiger partial charge >= 0.3 is 12.0 Å². The number of carboxylic acids is 1. The van der Waals surface area contributed by atoms with Crippen LogP contribution >= 0.6 is 0 Å². The van der Waals surface area contributed by atoms with Gasteiger partial charge in [-0.25, -0.2) is 9.59 Å². The fraction of sp³-hybridized carbons (Fsp3) is 0.714. The topological polar surface area (TPSA) is 93.1 Å². The Labute approximate surface area is 125 Å². The summed E-state index contributed by atoms with van der Waals surface area (Å²) >= 11 is 0. The van der Waals surface area contributed by atoms with E-state index >= 15 is 0 Å². The van der Waals surface area contributed by atoms with Gasteiger partial charge < -0.3 is 20.4 Å². The largest absolute Gasteiger partial charge is 0.480 e. The van der Waals surface area contributed by atoms with E-state index in [1.165, 1.54) is 6.08 Å². The molecule has 3 N–H and O–H groups in total. The highest BCUT2D eigenvalue weighted by molar-refractivity contribution is 5.82.